The van der Waals surface area contributed by atoms with E-state index in [1.54, 1.807) is 0 Å². The largest absolute Gasteiger partial charge is 0.480 e. The minimum Gasteiger partial charge on any atom is -0.480 e. The lowest BCUT2D eigenvalue weighted by Crippen LogP contribution is -2.39. The molecule has 0 heterocycles. The van der Waals surface area contributed by atoms with Crippen molar-refractivity contribution >= 4 is 5.91 Å². The Hall–Kier alpha value is -2.29. The number of nitrogens with one attached hydrogen (secondary N) is 1. The Morgan fingerprint density at radius 2 is 1.77 bits per heavy atom. The van der Waals surface area contributed by atoms with Crippen molar-refractivity contribution in [1.82, 2.24) is 5.32 Å². The Balaban J connectivity index is 1.85. The van der Waals surface area contributed by atoms with Crippen LogP contribution in [0.3, 0.4) is 0 Å². The van der Waals surface area contributed by atoms with Crippen molar-refractivity contribution in [2.45, 2.75) is 32.8 Å². The molecule has 0 saturated heterocycles. The topological polar surface area (TPSA) is 38.3 Å². The number of aryl methyl sites for hydroxylation is 1. The van der Waals surface area contributed by atoms with Crippen LogP contribution in [0.1, 0.15) is 24.5 Å². The molecule has 0 aliphatic rings. The number of rotatable bonds is 7. The van der Waals surface area contributed by atoms with Crippen molar-refractivity contribution in [3.8, 4) is 5.75 Å². The average Bonchev–Trinajstić information content (AvgIpc) is 2.55. The van der Waals surface area contributed by atoms with E-state index in [2.05, 4.69) is 17.4 Å². The van der Waals surface area contributed by atoms with E-state index in [0.29, 0.717) is 13.0 Å². The minimum absolute atomic E-state index is 0.0540. The van der Waals surface area contributed by atoms with Gasteiger partial charge in [-0.05, 0) is 37.0 Å². The Kier molecular flexibility index (Phi) is 6.01. The molecule has 0 unspecified atom stereocenters. The van der Waals surface area contributed by atoms with Crippen LogP contribution in [0, 0.1) is 6.92 Å². The van der Waals surface area contributed by atoms with Gasteiger partial charge in [-0.1, -0.05) is 55.5 Å². The minimum atomic E-state index is -0.447. The number of carbonyl (C=O) groups is 1. The number of hydrogen-bond donors (Lipinski definition) is 1. The van der Waals surface area contributed by atoms with Crippen LogP contribution in [-0.2, 0) is 11.2 Å². The van der Waals surface area contributed by atoms with Crippen LogP contribution in [-0.4, -0.2) is 18.6 Å². The molecule has 3 heteroatoms. The van der Waals surface area contributed by atoms with Gasteiger partial charge in [0.15, 0.2) is 6.10 Å². The fourth-order valence-electron chi connectivity index (χ4n) is 2.25. The van der Waals surface area contributed by atoms with Gasteiger partial charge >= 0.3 is 0 Å². The third kappa shape index (κ3) is 4.62. The zero-order valence-electron chi connectivity index (χ0n) is 13.2. The summed E-state index contributed by atoms with van der Waals surface area (Å²) in [5.41, 5.74) is 2.26. The molecule has 2 aromatic carbocycles. The molecule has 0 aliphatic carbocycles. The number of benzene rings is 2. The molecule has 1 N–H and O–H groups in total. The van der Waals surface area contributed by atoms with Crippen molar-refractivity contribution in [2.24, 2.45) is 0 Å². The van der Waals surface area contributed by atoms with E-state index in [4.69, 9.17) is 4.74 Å². The summed E-state index contributed by atoms with van der Waals surface area (Å²) in [6.07, 6.45) is 1.02. The molecule has 3 nitrogen and oxygen atoms in total. The zero-order valence-corrected chi connectivity index (χ0v) is 13.2. The summed E-state index contributed by atoms with van der Waals surface area (Å²) in [4.78, 5) is 12.2. The van der Waals surface area contributed by atoms with Crippen LogP contribution in [0.5, 0.6) is 5.75 Å². The number of hydrogen-bond acceptors (Lipinski definition) is 2. The van der Waals surface area contributed by atoms with Crippen molar-refractivity contribution in [3.63, 3.8) is 0 Å². The van der Waals surface area contributed by atoms with Gasteiger partial charge in [-0.25, -0.2) is 0 Å². The molecular weight excluding hydrogens is 274 g/mol. The SMILES string of the molecule is CC[C@@H](Oc1ccccc1C)C(=O)NCCc1ccccc1. The van der Waals surface area contributed by atoms with E-state index in [1.165, 1.54) is 5.56 Å². The van der Waals surface area contributed by atoms with E-state index in [-0.39, 0.29) is 5.91 Å². The number of ether oxygens (including phenoxy) is 1. The predicted molar refractivity (Wildman–Crippen MR) is 89.0 cm³/mol. The number of amides is 1. The predicted octanol–water partition coefficient (Wildman–Crippen LogP) is 3.51. The van der Waals surface area contributed by atoms with Crippen LogP contribution in [0.4, 0.5) is 0 Å². The molecule has 2 aromatic rings. The van der Waals surface area contributed by atoms with Gasteiger partial charge in [-0.15, -0.1) is 0 Å². The van der Waals surface area contributed by atoms with E-state index in [1.807, 2.05) is 56.3 Å². The third-order valence-corrected chi connectivity index (χ3v) is 3.58. The van der Waals surface area contributed by atoms with Gasteiger partial charge in [0.05, 0.1) is 0 Å². The highest BCUT2D eigenvalue weighted by atomic mass is 16.5. The molecule has 116 valence electrons. The highest BCUT2D eigenvalue weighted by Gasteiger charge is 2.18. The first-order chi connectivity index (χ1) is 10.7. The first-order valence-corrected chi connectivity index (χ1v) is 7.74. The van der Waals surface area contributed by atoms with Gasteiger partial charge in [0.1, 0.15) is 5.75 Å². The Morgan fingerprint density at radius 1 is 1.09 bits per heavy atom. The first kappa shape index (κ1) is 16.1. The first-order valence-electron chi connectivity index (χ1n) is 7.74. The molecule has 0 spiro atoms. The van der Waals surface area contributed by atoms with E-state index >= 15 is 0 Å². The summed E-state index contributed by atoms with van der Waals surface area (Å²) < 4.78 is 5.85. The van der Waals surface area contributed by atoms with Crippen molar-refractivity contribution in [2.75, 3.05) is 6.54 Å². The quantitative estimate of drug-likeness (QED) is 0.849. The van der Waals surface area contributed by atoms with Crippen LogP contribution in [0.15, 0.2) is 54.6 Å². The van der Waals surface area contributed by atoms with Crippen LogP contribution >= 0.6 is 0 Å². The van der Waals surface area contributed by atoms with Gasteiger partial charge < -0.3 is 10.1 Å². The summed E-state index contributed by atoms with van der Waals surface area (Å²) in [5, 5.41) is 2.96. The molecule has 0 radical (unpaired) electrons. The summed E-state index contributed by atoms with van der Waals surface area (Å²) >= 11 is 0. The molecule has 1 amide bonds. The Bertz CT molecular complexity index is 595. The van der Waals surface area contributed by atoms with Gasteiger partial charge in [0.2, 0.25) is 0 Å². The number of para-hydroxylation sites is 1. The van der Waals surface area contributed by atoms with E-state index in [0.717, 1.165) is 17.7 Å². The lowest BCUT2D eigenvalue weighted by Gasteiger charge is -2.18. The van der Waals surface area contributed by atoms with Gasteiger partial charge in [0.25, 0.3) is 5.91 Å². The maximum absolute atomic E-state index is 12.2. The normalized spacial score (nSPS) is 11.7. The molecular formula is C19H23NO2. The van der Waals surface area contributed by atoms with Crippen LogP contribution in [0.25, 0.3) is 0 Å². The monoisotopic (exact) mass is 297 g/mol. The fraction of sp³-hybridized carbons (Fsp3) is 0.316. The smallest absolute Gasteiger partial charge is 0.261 e. The van der Waals surface area contributed by atoms with Gasteiger partial charge in [0, 0.05) is 6.54 Å². The average molecular weight is 297 g/mol. The second-order valence-corrected chi connectivity index (χ2v) is 5.31. The molecule has 0 aliphatic heterocycles. The fourth-order valence-corrected chi connectivity index (χ4v) is 2.25. The molecule has 0 bridgehead atoms. The molecule has 22 heavy (non-hydrogen) atoms. The van der Waals surface area contributed by atoms with E-state index < -0.39 is 6.10 Å². The maximum atomic E-state index is 12.2. The summed E-state index contributed by atoms with van der Waals surface area (Å²) in [7, 11) is 0. The molecule has 0 saturated carbocycles. The zero-order chi connectivity index (χ0) is 15.8. The molecule has 0 fully saturated rings. The van der Waals surface area contributed by atoms with Crippen molar-refractivity contribution in [3.05, 3.63) is 65.7 Å². The molecule has 1 atom stereocenters. The van der Waals surface area contributed by atoms with Gasteiger partial charge in [-0.3, -0.25) is 4.79 Å². The lowest BCUT2D eigenvalue weighted by atomic mass is 10.1. The Morgan fingerprint density at radius 3 is 2.45 bits per heavy atom. The van der Waals surface area contributed by atoms with Crippen LogP contribution in [0.2, 0.25) is 0 Å². The third-order valence-electron chi connectivity index (χ3n) is 3.58. The van der Waals surface area contributed by atoms with Crippen molar-refractivity contribution < 1.29 is 9.53 Å². The van der Waals surface area contributed by atoms with Gasteiger partial charge in [-0.2, -0.15) is 0 Å². The summed E-state index contributed by atoms with van der Waals surface area (Å²) in [5.74, 6) is 0.717. The van der Waals surface area contributed by atoms with Crippen molar-refractivity contribution in [1.29, 1.82) is 0 Å². The molecule has 0 aromatic heterocycles. The highest BCUT2D eigenvalue weighted by molar-refractivity contribution is 5.81. The lowest BCUT2D eigenvalue weighted by molar-refractivity contribution is -0.128. The van der Waals surface area contributed by atoms with Crippen LogP contribution < -0.4 is 10.1 Å². The second-order valence-electron chi connectivity index (χ2n) is 5.31. The highest BCUT2D eigenvalue weighted by Crippen LogP contribution is 2.18. The summed E-state index contributed by atoms with van der Waals surface area (Å²) in [6.45, 7) is 4.56. The summed E-state index contributed by atoms with van der Waals surface area (Å²) in [6, 6.07) is 17.9. The maximum Gasteiger partial charge on any atom is 0.261 e. The number of carbonyl (C=O) groups excluding carboxylic acids is 1. The molecule has 2 rings (SSSR count). The second kappa shape index (κ2) is 8.23. The van der Waals surface area contributed by atoms with E-state index in [9.17, 15) is 4.79 Å². The standard InChI is InChI=1S/C19H23NO2/c1-3-17(22-18-12-8-7-9-15(18)2)19(21)20-14-13-16-10-5-4-6-11-16/h4-12,17H,3,13-14H2,1-2H3,(H,20,21)/t17-/m1/s1. The Labute approximate surface area is 132 Å².